The molecule has 1 aliphatic heterocycles. The van der Waals surface area contributed by atoms with E-state index in [0.29, 0.717) is 22.8 Å². The van der Waals surface area contributed by atoms with Crippen molar-refractivity contribution < 1.29 is 19.0 Å². The lowest BCUT2D eigenvalue weighted by molar-refractivity contribution is 0.104. The van der Waals surface area contributed by atoms with E-state index in [1.807, 2.05) is 14.1 Å². The predicted octanol–water partition coefficient (Wildman–Crippen LogP) is 1.68. The van der Waals surface area contributed by atoms with E-state index in [0.717, 1.165) is 0 Å². The second-order valence-corrected chi connectivity index (χ2v) is 4.06. The van der Waals surface area contributed by atoms with Crippen molar-refractivity contribution in [1.82, 2.24) is 4.90 Å². The van der Waals surface area contributed by atoms with Gasteiger partial charge in [-0.15, -0.1) is 0 Å². The van der Waals surface area contributed by atoms with Crippen LogP contribution in [-0.2, 0) is 0 Å². The Balaban J connectivity index is 2.32. The van der Waals surface area contributed by atoms with E-state index in [-0.39, 0.29) is 12.6 Å². The van der Waals surface area contributed by atoms with Crippen LogP contribution >= 0.6 is 0 Å². The highest BCUT2D eigenvalue weighted by atomic mass is 16.7. The summed E-state index contributed by atoms with van der Waals surface area (Å²) in [5, 5.41) is 0. The zero-order valence-electron chi connectivity index (χ0n) is 10.6. The number of carbonyl (C=O) groups is 1. The Hall–Kier alpha value is -2.17. The number of nitrogens with zero attached hydrogens (tertiary/aromatic N) is 1. The molecule has 18 heavy (non-hydrogen) atoms. The summed E-state index contributed by atoms with van der Waals surface area (Å²) in [7, 11) is 5.23. The lowest BCUT2D eigenvalue weighted by Gasteiger charge is -2.07. The lowest BCUT2D eigenvalue weighted by atomic mass is 10.1. The van der Waals surface area contributed by atoms with Crippen molar-refractivity contribution in [2.45, 2.75) is 0 Å². The summed E-state index contributed by atoms with van der Waals surface area (Å²) in [6.07, 6.45) is 3.19. The molecule has 5 heteroatoms. The third-order valence-electron chi connectivity index (χ3n) is 2.47. The molecule has 1 aromatic carbocycles. The Bertz CT molecular complexity index is 494. The number of methoxy groups -OCH3 is 1. The molecule has 0 unspecified atom stereocenters. The summed E-state index contributed by atoms with van der Waals surface area (Å²) in [6, 6.07) is 3.31. The van der Waals surface area contributed by atoms with Gasteiger partial charge in [-0.2, -0.15) is 0 Å². The molecule has 0 atom stereocenters. The van der Waals surface area contributed by atoms with Crippen molar-refractivity contribution in [1.29, 1.82) is 0 Å². The molecule has 0 amide bonds. The first-order valence-corrected chi connectivity index (χ1v) is 5.48. The van der Waals surface area contributed by atoms with Crippen molar-refractivity contribution in [3.63, 3.8) is 0 Å². The topological polar surface area (TPSA) is 48.0 Å². The maximum atomic E-state index is 12.0. The van der Waals surface area contributed by atoms with E-state index in [1.54, 1.807) is 23.2 Å². The third-order valence-corrected chi connectivity index (χ3v) is 2.47. The number of ether oxygens (including phenoxy) is 3. The predicted molar refractivity (Wildman–Crippen MR) is 66.3 cm³/mol. The van der Waals surface area contributed by atoms with E-state index in [1.165, 1.54) is 13.2 Å². The van der Waals surface area contributed by atoms with E-state index < -0.39 is 0 Å². The lowest BCUT2D eigenvalue weighted by Crippen LogP contribution is -2.03. The van der Waals surface area contributed by atoms with Crippen LogP contribution in [0.15, 0.2) is 24.4 Å². The maximum absolute atomic E-state index is 12.0. The molecule has 0 bridgehead atoms. The molecular weight excluding hydrogens is 234 g/mol. The van der Waals surface area contributed by atoms with Gasteiger partial charge in [0.15, 0.2) is 17.3 Å². The Kier molecular flexibility index (Phi) is 3.41. The minimum atomic E-state index is -0.111. The standard InChI is InChI=1S/C13H15NO4/c1-14(2)5-4-10(15)9-6-11(16-3)13-12(7-9)17-8-18-13/h4-7H,8H2,1-3H3/b5-4+. The van der Waals surface area contributed by atoms with Gasteiger partial charge >= 0.3 is 0 Å². The van der Waals surface area contributed by atoms with Crippen LogP contribution in [0.2, 0.25) is 0 Å². The number of rotatable bonds is 4. The van der Waals surface area contributed by atoms with Gasteiger partial charge < -0.3 is 19.1 Å². The molecule has 5 nitrogen and oxygen atoms in total. The summed E-state index contributed by atoms with van der Waals surface area (Å²) in [5.41, 5.74) is 0.509. The molecule has 0 radical (unpaired) electrons. The van der Waals surface area contributed by atoms with Gasteiger partial charge in [-0.1, -0.05) is 0 Å². The van der Waals surface area contributed by atoms with Crippen molar-refractivity contribution in [2.75, 3.05) is 28.0 Å². The first-order chi connectivity index (χ1) is 8.61. The van der Waals surface area contributed by atoms with E-state index in [2.05, 4.69) is 0 Å². The zero-order valence-corrected chi connectivity index (χ0v) is 10.6. The van der Waals surface area contributed by atoms with Gasteiger partial charge in [0.25, 0.3) is 0 Å². The fourth-order valence-electron chi connectivity index (χ4n) is 1.58. The molecule has 1 aromatic rings. The van der Waals surface area contributed by atoms with Crippen LogP contribution < -0.4 is 14.2 Å². The molecule has 0 aliphatic carbocycles. The fraction of sp³-hybridized carbons (Fsp3) is 0.308. The highest BCUT2D eigenvalue weighted by Crippen LogP contribution is 2.41. The molecule has 0 fully saturated rings. The maximum Gasteiger partial charge on any atom is 0.231 e. The van der Waals surface area contributed by atoms with Crippen LogP contribution in [0.5, 0.6) is 17.2 Å². The number of benzene rings is 1. The van der Waals surface area contributed by atoms with Crippen molar-refractivity contribution in [3.8, 4) is 17.2 Å². The third kappa shape index (κ3) is 2.40. The van der Waals surface area contributed by atoms with Crippen LogP contribution in [0.4, 0.5) is 0 Å². The molecule has 0 spiro atoms. The summed E-state index contributed by atoms with van der Waals surface area (Å²) in [4.78, 5) is 13.7. The second kappa shape index (κ2) is 5.00. The highest BCUT2D eigenvalue weighted by Gasteiger charge is 2.21. The van der Waals surface area contributed by atoms with E-state index >= 15 is 0 Å². The summed E-state index contributed by atoms with van der Waals surface area (Å²) < 4.78 is 15.7. The second-order valence-electron chi connectivity index (χ2n) is 4.06. The molecule has 96 valence electrons. The Morgan fingerprint density at radius 3 is 2.83 bits per heavy atom. The van der Waals surface area contributed by atoms with Crippen molar-refractivity contribution >= 4 is 5.78 Å². The van der Waals surface area contributed by atoms with E-state index in [4.69, 9.17) is 14.2 Å². The van der Waals surface area contributed by atoms with Crippen molar-refractivity contribution in [3.05, 3.63) is 30.0 Å². The van der Waals surface area contributed by atoms with Crippen LogP contribution in [0, 0.1) is 0 Å². The number of allylic oxidation sites excluding steroid dienone is 1. The minimum Gasteiger partial charge on any atom is -0.493 e. The first kappa shape index (κ1) is 12.3. The largest absolute Gasteiger partial charge is 0.493 e. The van der Waals surface area contributed by atoms with Gasteiger partial charge in [-0.05, 0) is 12.1 Å². The van der Waals surface area contributed by atoms with Crippen LogP contribution in [0.1, 0.15) is 10.4 Å². The van der Waals surface area contributed by atoms with E-state index in [9.17, 15) is 4.79 Å². The zero-order chi connectivity index (χ0) is 13.1. The highest BCUT2D eigenvalue weighted by molar-refractivity contribution is 6.05. The summed E-state index contributed by atoms with van der Waals surface area (Å²) >= 11 is 0. The molecule has 1 heterocycles. The van der Waals surface area contributed by atoms with Gasteiger partial charge in [0.2, 0.25) is 12.5 Å². The summed E-state index contributed by atoms with van der Waals surface area (Å²) in [5.74, 6) is 1.48. The average molecular weight is 249 g/mol. The van der Waals surface area contributed by atoms with Gasteiger partial charge in [-0.3, -0.25) is 4.79 Å². The molecule has 0 aromatic heterocycles. The van der Waals surface area contributed by atoms with Gasteiger partial charge in [0, 0.05) is 31.9 Å². The molecule has 0 saturated carbocycles. The van der Waals surface area contributed by atoms with Crippen LogP contribution in [0.25, 0.3) is 0 Å². The number of hydrogen-bond donors (Lipinski definition) is 0. The molecule has 0 N–H and O–H groups in total. The number of ketones is 1. The average Bonchev–Trinajstić information content (AvgIpc) is 2.82. The minimum absolute atomic E-state index is 0.111. The Morgan fingerprint density at radius 1 is 1.39 bits per heavy atom. The van der Waals surface area contributed by atoms with Gasteiger partial charge in [-0.25, -0.2) is 0 Å². The molecule has 0 saturated heterocycles. The number of carbonyl (C=O) groups excluding carboxylic acids is 1. The normalized spacial score (nSPS) is 12.8. The van der Waals surface area contributed by atoms with Gasteiger partial charge in [0.05, 0.1) is 7.11 Å². The Morgan fingerprint density at radius 2 is 2.17 bits per heavy atom. The van der Waals surface area contributed by atoms with Crippen molar-refractivity contribution in [2.24, 2.45) is 0 Å². The molecule has 2 rings (SSSR count). The monoisotopic (exact) mass is 249 g/mol. The SMILES string of the molecule is COc1cc(C(=O)/C=C/N(C)C)cc2c1OCO2. The fourth-order valence-corrected chi connectivity index (χ4v) is 1.58. The first-order valence-electron chi connectivity index (χ1n) is 5.48. The molecular formula is C13H15NO4. The molecule has 1 aliphatic rings. The Labute approximate surface area is 106 Å². The number of fused-ring (bicyclic) bond motifs is 1. The quantitative estimate of drug-likeness (QED) is 0.600. The van der Waals surface area contributed by atoms with Gasteiger partial charge in [0.1, 0.15) is 0 Å². The number of hydrogen-bond acceptors (Lipinski definition) is 5. The smallest absolute Gasteiger partial charge is 0.231 e. The van der Waals surface area contributed by atoms with Crippen LogP contribution in [-0.4, -0.2) is 38.7 Å². The van der Waals surface area contributed by atoms with Crippen LogP contribution in [0.3, 0.4) is 0 Å². The summed E-state index contributed by atoms with van der Waals surface area (Å²) in [6.45, 7) is 0.150.